The lowest BCUT2D eigenvalue weighted by Gasteiger charge is -2.38. The highest BCUT2D eigenvalue weighted by molar-refractivity contribution is 6.17. The molecule has 0 aliphatic carbocycles. The third-order valence-corrected chi connectivity index (χ3v) is 6.63. The summed E-state index contributed by atoms with van der Waals surface area (Å²) >= 11 is 5.84. The van der Waals surface area contributed by atoms with Crippen LogP contribution >= 0.6 is 11.6 Å². The molecule has 1 fully saturated rings. The molecule has 0 saturated carbocycles. The van der Waals surface area contributed by atoms with Crippen molar-refractivity contribution in [3.05, 3.63) is 0 Å². The van der Waals surface area contributed by atoms with Gasteiger partial charge in [-0.15, -0.1) is 11.6 Å². The van der Waals surface area contributed by atoms with E-state index in [0.29, 0.717) is 18.4 Å². The summed E-state index contributed by atoms with van der Waals surface area (Å²) < 4.78 is 11.7. The lowest BCUT2D eigenvalue weighted by atomic mass is 9.84. The van der Waals surface area contributed by atoms with Crippen molar-refractivity contribution in [1.82, 2.24) is 0 Å². The highest BCUT2D eigenvalue weighted by Crippen LogP contribution is 2.33. The van der Waals surface area contributed by atoms with Gasteiger partial charge in [-0.1, -0.05) is 91.4 Å². The lowest BCUT2D eigenvalue weighted by Crippen LogP contribution is -2.47. The number of alkyl halides is 1. The maximum absolute atomic E-state index is 12.0. The SMILES string of the molecule is CCCCCCCCCC(C)C(CC1OC(=O)C1CCCCCC)OCCCCl. The van der Waals surface area contributed by atoms with Gasteiger partial charge < -0.3 is 9.47 Å². The molecule has 0 aromatic carbocycles. The number of hydrogen-bond donors (Lipinski definition) is 0. The summed E-state index contributed by atoms with van der Waals surface area (Å²) in [6.07, 6.45) is 18.3. The highest BCUT2D eigenvalue weighted by atomic mass is 35.5. The number of halogens is 1. The average molecular weight is 431 g/mol. The molecular formula is C25H47ClO3. The van der Waals surface area contributed by atoms with Crippen LogP contribution in [-0.4, -0.2) is 30.7 Å². The van der Waals surface area contributed by atoms with E-state index in [-0.39, 0.29) is 24.1 Å². The van der Waals surface area contributed by atoms with Gasteiger partial charge in [-0.05, 0) is 25.2 Å². The molecule has 1 heterocycles. The molecule has 0 aromatic rings. The molecule has 4 heteroatoms. The van der Waals surface area contributed by atoms with Gasteiger partial charge >= 0.3 is 5.97 Å². The Morgan fingerprint density at radius 1 is 0.931 bits per heavy atom. The van der Waals surface area contributed by atoms with E-state index in [4.69, 9.17) is 21.1 Å². The molecule has 1 rings (SSSR count). The summed E-state index contributed by atoms with van der Waals surface area (Å²) in [4.78, 5) is 12.0. The number of hydrogen-bond acceptors (Lipinski definition) is 3. The lowest BCUT2D eigenvalue weighted by molar-refractivity contribution is -0.190. The first kappa shape index (κ1) is 26.8. The topological polar surface area (TPSA) is 35.5 Å². The first-order valence-corrected chi connectivity index (χ1v) is 13.1. The molecule has 4 atom stereocenters. The van der Waals surface area contributed by atoms with Gasteiger partial charge in [0.15, 0.2) is 0 Å². The molecule has 1 saturated heterocycles. The first-order chi connectivity index (χ1) is 14.1. The van der Waals surface area contributed by atoms with Crippen molar-refractivity contribution in [3.63, 3.8) is 0 Å². The Morgan fingerprint density at radius 2 is 1.55 bits per heavy atom. The van der Waals surface area contributed by atoms with E-state index in [9.17, 15) is 4.79 Å². The van der Waals surface area contributed by atoms with Crippen LogP contribution in [0.1, 0.15) is 117 Å². The van der Waals surface area contributed by atoms with Crippen molar-refractivity contribution in [1.29, 1.82) is 0 Å². The number of cyclic esters (lactones) is 1. The van der Waals surface area contributed by atoms with E-state index in [0.717, 1.165) is 25.7 Å². The van der Waals surface area contributed by atoms with Crippen molar-refractivity contribution < 1.29 is 14.3 Å². The summed E-state index contributed by atoms with van der Waals surface area (Å²) in [7, 11) is 0. The largest absolute Gasteiger partial charge is 0.461 e. The first-order valence-electron chi connectivity index (χ1n) is 12.5. The standard InChI is InChI=1S/C25H47ClO3/c1-4-6-8-10-11-12-13-16-21(3)23(28-19-15-18-26)20-24-22(25(27)29-24)17-14-9-7-5-2/h21-24H,4-20H2,1-3H3. The predicted octanol–water partition coefficient (Wildman–Crippen LogP) is 7.68. The Kier molecular flexibility index (Phi) is 16.1. The second-order valence-corrected chi connectivity index (χ2v) is 9.38. The maximum atomic E-state index is 12.0. The molecule has 0 aromatic heterocycles. The Morgan fingerprint density at radius 3 is 2.17 bits per heavy atom. The molecule has 0 amide bonds. The number of esters is 1. The quantitative estimate of drug-likeness (QED) is 0.113. The van der Waals surface area contributed by atoms with E-state index in [1.54, 1.807) is 0 Å². The zero-order valence-corrected chi connectivity index (χ0v) is 20.2. The van der Waals surface area contributed by atoms with E-state index < -0.39 is 0 Å². The molecule has 172 valence electrons. The van der Waals surface area contributed by atoms with Crippen LogP contribution in [0.25, 0.3) is 0 Å². The minimum Gasteiger partial charge on any atom is -0.461 e. The fourth-order valence-electron chi connectivity index (χ4n) is 4.30. The fraction of sp³-hybridized carbons (Fsp3) is 0.960. The van der Waals surface area contributed by atoms with E-state index >= 15 is 0 Å². The van der Waals surface area contributed by atoms with E-state index in [1.165, 1.54) is 70.6 Å². The number of carbonyl (C=O) groups excluding carboxylic acids is 1. The monoisotopic (exact) mass is 430 g/mol. The predicted molar refractivity (Wildman–Crippen MR) is 124 cm³/mol. The van der Waals surface area contributed by atoms with Crippen molar-refractivity contribution in [2.75, 3.05) is 12.5 Å². The molecule has 1 aliphatic heterocycles. The fourth-order valence-corrected chi connectivity index (χ4v) is 4.41. The van der Waals surface area contributed by atoms with Crippen molar-refractivity contribution in [2.45, 2.75) is 129 Å². The van der Waals surface area contributed by atoms with Crippen LogP contribution in [0.2, 0.25) is 0 Å². The van der Waals surface area contributed by atoms with Crippen LogP contribution in [0.5, 0.6) is 0 Å². The molecule has 0 bridgehead atoms. The van der Waals surface area contributed by atoms with Gasteiger partial charge in [0, 0.05) is 18.9 Å². The molecule has 1 aliphatic rings. The van der Waals surface area contributed by atoms with Crippen LogP contribution in [0.15, 0.2) is 0 Å². The van der Waals surface area contributed by atoms with Crippen molar-refractivity contribution >= 4 is 17.6 Å². The molecule has 4 unspecified atom stereocenters. The summed E-state index contributed by atoms with van der Waals surface area (Å²) in [6, 6.07) is 0. The second-order valence-electron chi connectivity index (χ2n) is 9.01. The van der Waals surface area contributed by atoms with Gasteiger partial charge in [0.2, 0.25) is 0 Å². The number of rotatable bonds is 20. The van der Waals surface area contributed by atoms with Crippen molar-refractivity contribution in [2.24, 2.45) is 11.8 Å². The minimum absolute atomic E-state index is 0.00531. The normalized spacial score (nSPS) is 20.9. The third-order valence-electron chi connectivity index (χ3n) is 6.36. The molecule has 0 spiro atoms. The Labute approximate surface area is 185 Å². The molecule has 0 radical (unpaired) electrons. The summed E-state index contributed by atoms with van der Waals surface area (Å²) in [5.41, 5.74) is 0. The summed E-state index contributed by atoms with van der Waals surface area (Å²) in [5.74, 6) is 1.24. The van der Waals surface area contributed by atoms with Crippen LogP contribution < -0.4 is 0 Å². The number of carbonyl (C=O) groups is 1. The van der Waals surface area contributed by atoms with Gasteiger partial charge in [-0.25, -0.2) is 0 Å². The smallest absolute Gasteiger partial charge is 0.313 e. The maximum Gasteiger partial charge on any atom is 0.313 e. The Hall–Kier alpha value is -0.280. The van der Waals surface area contributed by atoms with Gasteiger partial charge in [-0.2, -0.15) is 0 Å². The summed E-state index contributed by atoms with van der Waals surface area (Å²) in [6.45, 7) is 7.49. The Bertz CT molecular complexity index is 402. The van der Waals surface area contributed by atoms with E-state index in [2.05, 4.69) is 20.8 Å². The zero-order chi connectivity index (χ0) is 21.3. The van der Waals surface area contributed by atoms with Gasteiger partial charge in [-0.3, -0.25) is 4.79 Å². The molecule has 0 N–H and O–H groups in total. The highest BCUT2D eigenvalue weighted by Gasteiger charge is 2.43. The zero-order valence-electron chi connectivity index (χ0n) is 19.4. The van der Waals surface area contributed by atoms with Crippen LogP contribution in [0.3, 0.4) is 0 Å². The summed E-state index contributed by atoms with van der Waals surface area (Å²) in [5, 5.41) is 0. The van der Waals surface area contributed by atoms with Crippen LogP contribution in [-0.2, 0) is 14.3 Å². The van der Waals surface area contributed by atoms with E-state index in [1.807, 2.05) is 0 Å². The van der Waals surface area contributed by atoms with Crippen LogP contribution in [0, 0.1) is 11.8 Å². The minimum atomic E-state index is 0.00531. The average Bonchev–Trinajstić information content (AvgIpc) is 2.71. The molecule has 3 nitrogen and oxygen atoms in total. The number of ether oxygens (including phenoxy) is 2. The number of unbranched alkanes of at least 4 members (excludes halogenated alkanes) is 9. The molecular weight excluding hydrogens is 384 g/mol. The Balaban J connectivity index is 2.38. The van der Waals surface area contributed by atoms with Gasteiger partial charge in [0.25, 0.3) is 0 Å². The van der Waals surface area contributed by atoms with Crippen LogP contribution in [0.4, 0.5) is 0 Å². The third kappa shape index (κ3) is 11.6. The second kappa shape index (κ2) is 17.4. The van der Waals surface area contributed by atoms with Gasteiger partial charge in [0.05, 0.1) is 12.0 Å². The van der Waals surface area contributed by atoms with Gasteiger partial charge in [0.1, 0.15) is 6.10 Å². The van der Waals surface area contributed by atoms with Crippen molar-refractivity contribution in [3.8, 4) is 0 Å². The molecule has 29 heavy (non-hydrogen) atoms.